The number of ether oxygens (including phenoxy) is 1. The number of halogens is 1. The molecule has 2 aromatic rings. The molecule has 1 aliphatic carbocycles. The van der Waals surface area contributed by atoms with Gasteiger partial charge in [-0.15, -0.1) is 0 Å². The first-order chi connectivity index (χ1) is 9.58. The second-order valence-corrected chi connectivity index (χ2v) is 5.28. The van der Waals surface area contributed by atoms with Crippen LogP contribution in [-0.2, 0) is 22.0 Å². The predicted octanol–water partition coefficient (Wildman–Crippen LogP) is 2.70. The molecule has 1 fully saturated rings. The Kier molecular flexibility index (Phi) is 3.00. The van der Waals surface area contributed by atoms with Gasteiger partial charge in [0.2, 0.25) is 0 Å². The molecule has 0 atom stereocenters. The number of hydrogen-bond donors (Lipinski definition) is 0. The summed E-state index contributed by atoms with van der Waals surface area (Å²) in [7, 11) is 1.86. The molecule has 20 heavy (non-hydrogen) atoms. The summed E-state index contributed by atoms with van der Waals surface area (Å²) in [5.74, 6) is 0.147. The van der Waals surface area contributed by atoms with Crippen molar-refractivity contribution >= 4 is 17.0 Å². The van der Waals surface area contributed by atoms with Gasteiger partial charge in [-0.2, -0.15) is 0 Å². The highest BCUT2D eigenvalue weighted by atomic mass is 19.1. The van der Waals surface area contributed by atoms with E-state index in [4.69, 9.17) is 4.74 Å². The Morgan fingerprint density at radius 2 is 2.25 bits per heavy atom. The topological polar surface area (TPSA) is 44.1 Å². The van der Waals surface area contributed by atoms with E-state index in [1.807, 2.05) is 11.6 Å². The van der Waals surface area contributed by atoms with Crippen molar-refractivity contribution in [2.24, 2.45) is 7.05 Å². The van der Waals surface area contributed by atoms with Crippen LogP contribution in [0.2, 0.25) is 0 Å². The lowest BCUT2D eigenvalue weighted by Crippen LogP contribution is -2.45. The highest BCUT2D eigenvalue weighted by Crippen LogP contribution is 2.44. The quantitative estimate of drug-likeness (QED) is 0.810. The van der Waals surface area contributed by atoms with Crippen molar-refractivity contribution in [2.45, 2.75) is 31.6 Å². The Morgan fingerprint density at radius 1 is 1.50 bits per heavy atom. The van der Waals surface area contributed by atoms with Gasteiger partial charge < -0.3 is 9.30 Å². The lowest BCUT2D eigenvalue weighted by atomic mass is 9.68. The number of rotatable bonds is 3. The monoisotopic (exact) mass is 276 g/mol. The molecular weight excluding hydrogens is 259 g/mol. The van der Waals surface area contributed by atoms with E-state index in [9.17, 15) is 9.18 Å². The van der Waals surface area contributed by atoms with Crippen LogP contribution in [0.15, 0.2) is 18.2 Å². The van der Waals surface area contributed by atoms with Gasteiger partial charge in [0.1, 0.15) is 17.1 Å². The Bertz CT molecular complexity index is 674. The van der Waals surface area contributed by atoms with Crippen molar-refractivity contribution in [1.82, 2.24) is 9.55 Å². The number of carbonyl (C=O) groups excluding carboxylic acids is 1. The molecule has 0 aliphatic heterocycles. The molecular formula is C15H17FN2O2. The number of aromatic nitrogens is 2. The van der Waals surface area contributed by atoms with Crippen molar-refractivity contribution < 1.29 is 13.9 Å². The third kappa shape index (κ3) is 1.72. The normalized spacial score (nSPS) is 16.9. The Morgan fingerprint density at radius 3 is 2.85 bits per heavy atom. The van der Waals surface area contributed by atoms with Crippen LogP contribution < -0.4 is 0 Å². The minimum Gasteiger partial charge on any atom is -0.465 e. The smallest absolute Gasteiger partial charge is 0.319 e. The summed E-state index contributed by atoms with van der Waals surface area (Å²) in [5, 5.41) is 0. The number of esters is 1. The number of imidazole rings is 1. The lowest BCUT2D eigenvalue weighted by Gasteiger charge is -2.38. The Balaban J connectivity index is 2.13. The summed E-state index contributed by atoms with van der Waals surface area (Å²) in [4.78, 5) is 16.8. The molecule has 0 bridgehead atoms. The van der Waals surface area contributed by atoms with E-state index >= 15 is 0 Å². The van der Waals surface area contributed by atoms with E-state index in [1.54, 1.807) is 13.0 Å². The Hall–Kier alpha value is -1.91. The van der Waals surface area contributed by atoms with E-state index in [0.29, 0.717) is 17.9 Å². The fourth-order valence-electron chi connectivity index (χ4n) is 2.92. The molecule has 0 radical (unpaired) electrons. The zero-order valence-electron chi connectivity index (χ0n) is 11.6. The van der Waals surface area contributed by atoms with E-state index in [0.717, 1.165) is 24.8 Å². The first-order valence-corrected chi connectivity index (χ1v) is 6.88. The minimum absolute atomic E-state index is 0.217. The average molecular weight is 276 g/mol. The van der Waals surface area contributed by atoms with Crippen molar-refractivity contribution in [1.29, 1.82) is 0 Å². The van der Waals surface area contributed by atoms with Crippen LogP contribution >= 0.6 is 0 Å². The van der Waals surface area contributed by atoms with Gasteiger partial charge in [-0.25, -0.2) is 9.37 Å². The van der Waals surface area contributed by atoms with Crippen molar-refractivity contribution in [2.75, 3.05) is 6.61 Å². The van der Waals surface area contributed by atoms with Crippen LogP contribution in [0.25, 0.3) is 11.0 Å². The van der Waals surface area contributed by atoms with Gasteiger partial charge in [-0.3, -0.25) is 4.79 Å². The molecule has 0 unspecified atom stereocenters. The summed E-state index contributed by atoms with van der Waals surface area (Å²) in [6.07, 6.45) is 2.47. The van der Waals surface area contributed by atoms with Crippen molar-refractivity contribution in [3.8, 4) is 0 Å². The fourth-order valence-corrected chi connectivity index (χ4v) is 2.92. The second-order valence-electron chi connectivity index (χ2n) is 5.28. The van der Waals surface area contributed by atoms with Gasteiger partial charge in [0.25, 0.3) is 0 Å². The maximum absolute atomic E-state index is 13.3. The first-order valence-electron chi connectivity index (χ1n) is 6.88. The van der Waals surface area contributed by atoms with Gasteiger partial charge in [0, 0.05) is 13.1 Å². The largest absolute Gasteiger partial charge is 0.465 e. The third-order valence-corrected chi connectivity index (χ3v) is 4.14. The van der Waals surface area contributed by atoms with Gasteiger partial charge in [-0.05, 0) is 31.9 Å². The molecule has 0 N–H and O–H groups in total. The zero-order valence-corrected chi connectivity index (χ0v) is 11.6. The van der Waals surface area contributed by atoms with Crippen LogP contribution in [-0.4, -0.2) is 22.1 Å². The molecule has 4 nitrogen and oxygen atoms in total. The van der Waals surface area contributed by atoms with Gasteiger partial charge in [0.05, 0.1) is 17.6 Å². The van der Waals surface area contributed by atoms with Crippen molar-refractivity contribution in [3.05, 3.63) is 29.8 Å². The first kappa shape index (κ1) is 13.1. The number of fused-ring (bicyclic) bond motifs is 1. The summed E-state index contributed by atoms with van der Waals surface area (Å²) in [5.41, 5.74) is 0.760. The molecule has 1 aromatic heterocycles. The highest BCUT2D eigenvalue weighted by Gasteiger charge is 2.50. The average Bonchev–Trinajstić information content (AvgIpc) is 2.66. The molecule has 1 aromatic carbocycles. The van der Waals surface area contributed by atoms with Crippen LogP contribution in [0.4, 0.5) is 4.39 Å². The fraction of sp³-hybridized carbons (Fsp3) is 0.467. The molecule has 5 heteroatoms. The SMILES string of the molecule is CCOC(=O)C1(c2nc3cc(F)ccc3n2C)CCC1. The number of aryl methyl sites for hydroxylation is 1. The highest BCUT2D eigenvalue weighted by molar-refractivity contribution is 5.85. The van der Waals surface area contributed by atoms with E-state index in [-0.39, 0.29) is 11.8 Å². The number of benzene rings is 1. The number of nitrogens with zero attached hydrogens (tertiary/aromatic N) is 2. The maximum atomic E-state index is 13.3. The molecule has 1 aliphatic rings. The van der Waals surface area contributed by atoms with Crippen molar-refractivity contribution in [3.63, 3.8) is 0 Å². The molecule has 3 rings (SSSR count). The van der Waals surface area contributed by atoms with E-state index < -0.39 is 5.41 Å². The van der Waals surface area contributed by atoms with Crippen LogP contribution in [0.3, 0.4) is 0 Å². The van der Waals surface area contributed by atoms with Crippen LogP contribution in [0.1, 0.15) is 32.0 Å². The third-order valence-electron chi connectivity index (χ3n) is 4.14. The van der Waals surface area contributed by atoms with E-state index in [2.05, 4.69) is 4.98 Å². The summed E-state index contributed by atoms with van der Waals surface area (Å²) >= 11 is 0. The zero-order chi connectivity index (χ0) is 14.3. The molecule has 0 saturated heterocycles. The molecule has 1 saturated carbocycles. The summed E-state index contributed by atoms with van der Waals surface area (Å²) in [6.45, 7) is 2.16. The summed E-state index contributed by atoms with van der Waals surface area (Å²) in [6, 6.07) is 4.50. The van der Waals surface area contributed by atoms with Gasteiger partial charge in [-0.1, -0.05) is 6.42 Å². The Labute approximate surface area is 116 Å². The van der Waals surface area contributed by atoms with E-state index in [1.165, 1.54) is 12.1 Å². The maximum Gasteiger partial charge on any atom is 0.319 e. The molecule has 106 valence electrons. The summed E-state index contributed by atoms with van der Waals surface area (Å²) < 4.78 is 20.4. The number of hydrogen-bond acceptors (Lipinski definition) is 3. The predicted molar refractivity (Wildman–Crippen MR) is 72.8 cm³/mol. The van der Waals surface area contributed by atoms with Crippen LogP contribution in [0, 0.1) is 5.82 Å². The standard InChI is InChI=1S/C15H17FN2O2/c1-3-20-14(19)15(7-4-8-15)13-17-11-9-10(16)5-6-12(11)18(13)2/h5-6,9H,3-4,7-8H2,1-2H3. The molecule has 0 spiro atoms. The minimum atomic E-state index is -0.653. The van der Waals surface area contributed by atoms with Crippen LogP contribution in [0.5, 0.6) is 0 Å². The number of carbonyl (C=O) groups is 1. The van der Waals surface area contributed by atoms with Gasteiger partial charge >= 0.3 is 5.97 Å². The molecule has 0 amide bonds. The van der Waals surface area contributed by atoms with Gasteiger partial charge in [0.15, 0.2) is 0 Å². The molecule has 1 heterocycles. The lowest BCUT2D eigenvalue weighted by molar-refractivity contribution is -0.154. The second kappa shape index (κ2) is 4.58.